The first kappa shape index (κ1) is 9.48. The molecule has 2 atom stereocenters. The third-order valence-electron chi connectivity index (χ3n) is 1.60. The van der Waals surface area contributed by atoms with Gasteiger partial charge >= 0.3 is 0 Å². The molecule has 66 valence electrons. The molecule has 0 aliphatic heterocycles. The average Bonchev–Trinajstić information content (AvgIpc) is 2.06. The summed E-state index contributed by atoms with van der Waals surface area (Å²) in [6, 6.07) is 2.08. The highest BCUT2D eigenvalue weighted by Crippen LogP contribution is 2.21. The molecule has 4 heteroatoms. The van der Waals surface area contributed by atoms with Gasteiger partial charge in [0, 0.05) is 17.5 Å². The third kappa shape index (κ3) is 2.79. The van der Waals surface area contributed by atoms with Crippen LogP contribution in [0.25, 0.3) is 0 Å². The number of nitrogens with two attached hydrogens (primary N) is 1. The quantitative estimate of drug-likeness (QED) is 0.567. The van der Waals surface area contributed by atoms with Gasteiger partial charge in [0.25, 0.3) is 0 Å². The molecule has 1 heterocycles. The summed E-state index contributed by atoms with van der Waals surface area (Å²) < 4.78 is 0. The van der Waals surface area contributed by atoms with Gasteiger partial charge in [0.05, 0.1) is 5.03 Å². The topological polar surface area (TPSA) is 51.8 Å². The van der Waals surface area contributed by atoms with Crippen molar-refractivity contribution in [3.63, 3.8) is 0 Å². The van der Waals surface area contributed by atoms with Crippen LogP contribution in [0.5, 0.6) is 0 Å². The molecule has 0 radical (unpaired) electrons. The second-order valence-electron chi connectivity index (χ2n) is 2.73. The van der Waals surface area contributed by atoms with Gasteiger partial charge in [0.15, 0.2) is 0 Å². The normalized spacial score (nSPS) is 15.6. The van der Waals surface area contributed by atoms with Gasteiger partial charge in [0.2, 0.25) is 0 Å². The molecule has 12 heavy (non-hydrogen) atoms. The van der Waals surface area contributed by atoms with E-state index in [0.717, 1.165) is 5.03 Å². The Bertz CT molecular complexity index is 225. The zero-order valence-electron chi connectivity index (χ0n) is 7.27. The molecule has 1 aromatic heterocycles. The Kier molecular flexibility index (Phi) is 3.49. The summed E-state index contributed by atoms with van der Waals surface area (Å²) in [5.74, 6) is 0. The fraction of sp³-hybridized carbons (Fsp3) is 0.500. The summed E-state index contributed by atoms with van der Waals surface area (Å²) in [5.41, 5.74) is 5.72. The maximum Gasteiger partial charge on any atom is 0.116 e. The highest BCUT2D eigenvalue weighted by molar-refractivity contribution is 7.99. The first-order valence-electron chi connectivity index (χ1n) is 3.88. The van der Waals surface area contributed by atoms with Gasteiger partial charge in [-0.1, -0.05) is 6.92 Å². The molecule has 1 aromatic rings. The number of hydrogen-bond donors (Lipinski definition) is 1. The van der Waals surface area contributed by atoms with E-state index >= 15 is 0 Å². The van der Waals surface area contributed by atoms with Gasteiger partial charge in [-0.25, -0.2) is 9.97 Å². The van der Waals surface area contributed by atoms with Crippen molar-refractivity contribution in [2.75, 3.05) is 0 Å². The van der Waals surface area contributed by atoms with E-state index in [4.69, 9.17) is 5.73 Å². The standard InChI is InChI=1S/C8H13N3S/c1-6(9)7(2)12-8-3-4-10-5-11-8/h3-7H,9H2,1-2H3. The molecule has 0 aliphatic carbocycles. The van der Waals surface area contributed by atoms with Gasteiger partial charge < -0.3 is 5.73 Å². The van der Waals surface area contributed by atoms with Gasteiger partial charge in [0.1, 0.15) is 6.33 Å². The fourth-order valence-electron chi connectivity index (χ4n) is 0.646. The van der Waals surface area contributed by atoms with E-state index in [9.17, 15) is 0 Å². The van der Waals surface area contributed by atoms with Gasteiger partial charge in [-0.05, 0) is 13.0 Å². The van der Waals surface area contributed by atoms with E-state index in [1.807, 2.05) is 13.0 Å². The minimum absolute atomic E-state index is 0.185. The van der Waals surface area contributed by atoms with Gasteiger partial charge in [-0.15, -0.1) is 11.8 Å². The molecule has 0 aromatic carbocycles. The van der Waals surface area contributed by atoms with Crippen LogP contribution < -0.4 is 5.73 Å². The average molecular weight is 183 g/mol. The molecule has 1 rings (SSSR count). The molecule has 0 fully saturated rings. The van der Waals surface area contributed by atoms with Crippen molar-refractivity contribution in [3.05, 3.63) is 18.6 Å². The van der Waals surface area contributed by atoms with Crippen molar-refractivity contribution in [1.82, 2.24) is 9.97 Å². The predicted octanol–water partition coefficient (Wildman–Crippen LogP) is 1.30. The van der Waals surface area contributed by atoms with Crippen molar-refractivity contribution < 1.29 is 0 Å². The molecular weight excluding hydrogens is 170 g/mol. The summed E-state index contributed by atoms with van der Waals surface area (Å²) in [4.78, 5) is 7.94. The van der Waals surface area contributed by atoms with Crippen LogP contribution in [0.2, 0.25) is 0 Å². The smallest absolute Gasteiger partial charge is 0.116 e. The Balaban J connectivity index is 2.53. The Morgan fingerprint density at radius 3 is 2.75 bits per heavy atom. The molecule has 0 amide bonds. The second-order valence-corrected chi connectivity index (χ2v) is 4.13. The van der Waals surface area contributed by atoms with E-state index in [1.54, 1.807) is 24.3 Å². The Labute approximate surface area is 76.8 Å². The van der Waals surface area contributed by atoms with Crippen LogP contribution in [0.3, 0.4) is 0 Å². The molecule has 0 aliphatic rings. The lowest BCUT2D eigenvalue weighted by molar-refractivity contribution is 0.729. The van der Waals surface area contributed by atoms with Crippen LogP contribution in [-0.4, -0.2) is 21.3 Å². The molecule has 0 spiro atoms. The van der Waals surface area contributed by atoms with Crippen LogP contribution in [0.15, 0.2) is 23.6 Å². The van der Waals surface area contributed by atoms with Crippen molar-refractivity contribution >= 4 is 11.8 Å². The summed E-state index contributed by atoms with van der Waals surface area (Å²) in [6.07, 6.45) is 3.29. The molecule has 0 saturated carbocycles. The zero-order chi connectivity index (χ0) is 8.97. The van der Waals surface area contributed by atoms with E-state index in [2.05, 4.69) is 16.9 Å². The Morgan fingerprint density at radius 1 is 1.50 bits per heavy atom. The first-order valence-corrected chi connectivity index (χ1v) is 4.76. The first-order chi connectivity index (χ1) is 5.70. The fourth-order valence-corrected chi connectivity index (χ4v) is 1.49. The summed E-state index contributed by atoms with van der Waals surface area (Å²) in [5, 5.41) is 1.37. The van der Waals surface area contributed by atoms with Crippen molar-refractivity contribution in [2.24, 2.45) is 5.73 Å². The molecule has 0 saturated heterocycles. The SMILES string of the molecule is CC(N)C(C)Sc1ccncn1. The molecular formula is C8H13N3S. The van der Waals surface area contributed by atoms with E-state index < -0.39 is 0 Å². The number of aromatic nitrogens is 2. The van der Waals surface area contributed by atoms with Crippen LogP contribution in [-0.2, 0) is 0 Å². The van der Waals surface area contributed by atoms with Crippen molar-refractivity contribution in [2.45, 2.75) is 30.2 Å². The van der Waals surface area contributed by atoms with Crippen LogP contribution in [0, 0.1) is 0 Å². The van der Waals surface area contributed by atoms with Gasteiger partial charge in [-0.3, -0.25) is 0 Å². The van der Waals surface area contributed by atoms with Crippen molar-refractivity contribution in [3.8, 4) is 0 Å². The van der Waals surface area contributed by atoms with Crippen molar-refractivity contribution in [1.29, 1.82) is 0 Å². The highest BCUT2D eigenvalue weighted by atomic mass is 32.2. The van der Waals surface area contributed by atoms with E-state index in [0.29, 0.717) is 5.25 Å². The third-order valence-corrected chi connectivity index (χ3v) is 2.89. The molecule has 2 N–H and O–H groups in total. The molecule has 2 unspecified atom stereocenters. The lowest BCUT2D eigenvalue weighted by atomic mass is 10.3. The van der Waals surface area contributed by atoms with Crippen LogP contribution in [0.1, 0.15) is 13.8 Å². The minimum Gasteiger partial charge on any atom is -0.327 e. The lowest BCUT2D eigenvalue weighted by Gasteiger charge is -2.13. The number of nitrogens with zero attached hydrogens (tertiary/aromatic N) is 2. The van der Waals surface area contributed by atoms with E-state index in [-0.39, 0.29) is 6.04 Å². The van der Waals surface area contributed by atoms with Crippen LogP contribution in [0.4, 0.5) is 0 Å². The summed E-state index contributed by atoms with van der Waals surface area (Å²) >= 11 is 1.68. The number of hydrogen-bond acceptors (Lipinski definition) is 4. The second kappa shape index (κ2) is 4.42. The molecule has 0 bridgehead atoms. The Morgan fingerprint density at radius 2 is 2.25 bits per heavy atom. The Hall–Kier alpha value is -0.610. The predicted molar refractivity (Wildman–Crippen MR) is 51.0 cm³/mol. The largest absolute Gasteiger partial charge is 0.327 e. The maximum absolute atomic E-state index is 5.72. The zero-order valence-corrected chi connectivity index (χ0v) is 8.08. The van der Waals surface area contributed by atoms with Crippen LogP contribution >= 0.6 is 11.8 Å². The minimum atomic E-state index is 0.185. The van der Waals surface area contributed by atoms with E-state index in [1.165, 1.54) is 0 Å². The number of rotatable bonds is 3. The highest BCUT2D eigenvalue weighted by Gasteiger charge is 2.08. The molecule has 3 nitrogen and oxygen atoms in total. The maximum atomic E-state index is 5.72. The lowest BCUT2D eigenvalue weighted by Crippen LogP contribution is -2.26. The van der Waals surface area contributed by atoms with Gasteiger partial charge in [-0.2, -0.15) is 0 Å². The number of thioether (sulfide) groups is 1. The summed E-state index contributed by atoms with van der Waals surface area (Å²) in [6.45, 7) is 4.09. The monoisotopic (exact) mass is 183 g/mol. The summed E-state index contributed by atoms with van der Waals surface area (Å²) in [7, 11) is 0.